The van der Waals surface area contributed by atoms with Gasteiger partial charge in [-0.15, -0.1) is 0 Å². The first-order chi connectivity index (χ1) is 8.70. The largest absolute Gasteiger partial charge is 0.289 e. The molecule has 0 saturated heterocycles. The molecule has 0 N–H and O–H groups in total. The summed E-state index contributed by atoms with van der Waals surface area (Å²) >= 11 is 0. The predicted octanol–water partition coefficient (Wildman–Crippen LogP) is 4.36. The van der Waals surface area contributed by atoms with Gasteiger partial charge >= 0.3 is 0 Å². The molecule has 2 rings (SSSR count). The fourth-order valence-corrected chi connectivity index (χ4v) is 1.88. The van der Waals surface area contributed by atoms with Crippen molar-refractivity contribution in [1.29, 1.82) is 0 Å². The topological polar surface area (TPSA) is 17.1 Å². The lowest BCUT2D eigenvalue weighted by Crippen LogP contribution is -2.02. The number of carbonyl (C=O) groups is 1. The molecule has 0 heterocycles. The molecule has 0 bridgehead atoms. The lowest BCUT2D eigenvalue weighted by atomic mass is 9.96. The van der Waals surface area contributed by atoms with Crippen molar-refractivity contribution in [2.45, 2.75) is 13.8 Å². The Morgan fingerprint density at radius 1 is 0.722 bits per heavy atom. The van der Waals surface area contributed by atoms with Crippen LogP contribution in [0.3, 0.4) is 0 Å². The summed E-state index contributed by atoms with van der Waals surface area (Å²) in [7, 11) is 0. The van der Waals surface area contributed by atoms with Crippen LogP contribution in [0.1, 0.15) is 29.8 Å². The van der Waals surface area contributed by atoms with Crippen molar-refractivity contribution < 1.29 is 4.79 Å². The van der Waals surface area contributed by atoms with Gasteiger partial charge < -0.3 is 0 Å². The molecule has 1 nitrogen and oxygen atoms in total. The number of ketones is 1. The molecule has 0 aliphatic rings. The number of benzene rings is 2. The van der Waals surface area contributed by atoms with E-state index in [-0.39, 0.29) is 5.78 Å². The van der Waals surface area contributed by atoms with Crippen molar-refractivity contribution in [3.63, 3.8) is 0 Å². The molecule has 0 aliphatic carbocycles. The number of hydrogen-bond acceptors (Lipinski definition) is 1. The molecule has 2 aromatic carbocycles. The van der Waals surface area contributed by atoms with Crippen LogP contribution in [0.4, 0.5) is 0 Å². The van der Waals surface area contributed by atoms with E-state index in [1.807, 2.05) is 74.5 Å². The molecule has 0 aromatic heterocycles. The number of carbonyl (C=O) groups excluding carboxylic acids is 1. The third-order valence-corrected chi connectivity index (χ3v) is 3.15. The van der Waals surface area contributed by atoms with E-state index in [0.29, 0.717) is 0 Å². The van der Waals surface area contributed by atoms with Gasteiger partial charge in [0.2, 0.25) is 0 Å². The highest BCUT2D eigenvalue weighted by Gasteiger charge is 2.10. The Labute approximate surface area is 108 Å². The van der Waals surface area contributed by atoms with Gasteiger partial charge in [-0.1, -0.05) is 60.7 Å². The molecular formula is C17H16O. The molecule has 18 heavy (non-hydrogen) atoms. The van der Waals surface area contributed by atoms with E-state index >= 15 is 0 Å². The minimum absolute atomic E-state index is 0.0944. The standard InChI is InChI=1S/C17H16O/c1-13(15-9-5-3-6-10-15)14(2)17(18)16-11-7-4-8-12-16/h3-12H,1-2H3. The van der Waals surface area contributed by atoms with E-state index in [1.165, 1.54) is 0 Å². The van der Waals surface area contributed by atoms with Crippen LogP contribution >= 0.6 is 0 Å². The minimum Gasteiger partial charge on any atom is -0.289 e. The third kappa shape index (κ3) is 2.57. The van der Waals surface area contributed by atoms with Gasteiger partial charge in [0.25, 0.3) is 0 Å². The quantitative estimate of drug-likeness (QED) is 0.571. The lowest BCUT2D eigenvalue weighted by Gasteiger charge is -2.07. The number of allylic oxidation sites excluding steroid dienone is 2. The lowest BCUT2D eigenvalue weighted by molar-refractivity contribution is 0.103. The maximum absolute atomic E-state index is 12.3. The van der Waals surface area contributed by atoms with Gasteiger partial charge in [0.15, 0.2) is 5.78 Å². The number of hydrogen-bond donors (Lipinski definition) is 0. The number of Topliss-reactive ketones (excluding diaryl/α,β-unsaturated/α-hetero) is 1. The van der Waals surface area contributed by atoms with E-state index in [4.69, 9.17) is 0 Å². The molecule has 90 valence electrons. The second-order valence-corrected chi connectivity index (χ2v) is 4.31. The Morgan fingerprint density at radius 3 is 1.67 bits per heavy atom. The minimum atomic E-state index is 0.0944. The fraction of sp³-hybridized carbons (Fsp3) is 0.118. The average molecular weight is 236 g/mol. The van der Waals surface area contributed by atoms with Crippen molar-refractivity contribution in [3.05, 3.63) is 77.4 Å². The van der Waals surface area contributed by atoms with Crippen LogP contribution in [0.5, 0.6) is 0 Å². The Morgan fingerprint density at radius 2 is 1.17 bits per heavy atom. The fourth-order valence-electron chi connectivity index (χ4n) is 1.88. The van der Waals surface area contributed by atoms with Crippen LogP contribution in [0.15, 0.2) is 66.2 Å². The molecule has 0 atom stereocenters. The first-order valence-electron chi connectivity index (χ1n) is 6.03. The Bertz CT molecular complexity index is 565. The molecule has 0 amide bonds. The normalized spacial score (nSPS) is 11.9. The third-order valence-electron chi connectivity index (χ3n) is 3.15. The SMILES string of the molecule is CC(C(=O)c1ccccc1)=C(C)c1ccccc1. The summed E-state index contributed by atoms with van der Waals surface area (Å²) in [6.07, 6.45) is 0. The van der Waals surface area contributed by atoms with Crippen molar-refractivity contribution in [1.82, 2.24) is 0 Å². The van der Waals surface area contributed by atoms with Crippen LogP contribution < -0.4 is 0 Å². The van der Waals surface area contributed by atoms with Crippen molar-refractivity contribution in [2.24, 2.45) is 0 Å². The molecule has 0 aliphatic heterocycles. The highest BCUT2D eigenvalue weighted by Crippen LogP contribution is 2.20. The molecular weight excluding hydrogens is 220 g/mol. The van der Waals surface area contributed by atoms with Crippen molar-refractivity contribution >= 4 is 11.4 Å². The van der Waals surface area contributed by atoms with E-state index in [0.717, 1.165) is 22.3 Å². The molecule has 0 fully saturated rings. The van der Waals surface area contributed by atoms with Crippen LogP contribution in [0, 0.1) is 0 Å². The molecule has 2 aromatic rings. The van der Waals surface area contributed by atoms with Crippen LogP contribution in [-0.2, 0) is 0 Å². The summed E-state index contributed by atoms with van der Waals surface area (Å²) < 4.78 is 0. The Kier molecular flexibility index (Phi) is 3.73. The van der Waals surface area contributed by atoms with Gasteiger partial charge in [0.05, 0.1) is 0 Å². The van der Waals surface area contributed by atoms with Gasteiger partial charge in [-0.3, -0.25) is 4.79 Å². The zero-order chi connectivity index (χ0) is 13.0. The van der Waals surface area contributed by atoms with Gasteiger partial charge in [0.1, 0.15) is 0 Å². The smallest absolute Gasteiger partial charge is 0.189 e. The monoisotopic (exact) mass is 236 g/mol. The van der Waals surface area contributed by atoms with E-state index in [9.17, 15) is 4.79 Å². The average Bonchev–Trinajstić information content (AvgIpc) is 2.47. The first kappa shape index (κ1) is 12.3. The van der Waals surface area contributed by atoms with Gasteiger partial charge in [-0.2, -0.15) is 0 Å². The second kappa shape index (κ2) is 5.46. The van der Waals surface area contributed by atoms with Crippen LogP contribution in [-0.4, -0.2) is 5.78 Å². The maximum Gasteiger partial charge on any atom is 0.189 e. The summed E-state index contributed by atoms with van der Waals surface area (Å²) in [5.74, 6) is 0.0944. The zero-order valence-electron chi connectivity index (χ0n) is 10.7. The Balaban J connectivity index is 2.37. The summed E-state index contributed by atoms with van der Waals surface area (Å²) in [4.78, 5) is 12.3. The molecule has 0 radical (unpaired) electrons. The van der Waals surface area contributed by atoms with Crippen LogP contribution in [0.2, 0.25) is 0 Å². The van der Waals surface area contributed by atoms with Gasteiger partial charge in [-0.05, 0) is 25.0 Å². The second-order valence-electron chi connectivity index (χ2n) is 4.31. The van der Waals surface area contributed by atoms with Gasteiger partial charge in [0, 0.05) is 11.1 Å². The maximum atomic E-state index is 12.3. The summed E-state index contributed by atoms with van der Waals surface area (Å²) in [6.45, 7) is 3.88. The zero-order valence-corrected chi connectivity index (χ0v) is 10.7. The molecule has 1 heteroatoms. The van der Waals surface area contributed by atoms with E-state index in [1.54, 1.807) is 0 Å². The highest BCUT2D eigenvalue weighted by atomic mass is 16.1. The summed E-state index contributed by atoms with van der Waals surface area (Å²) in [6, 6.07) is 19.4. The number of rotatable bonds is 3. The molecule has 0 spiro atoms. The Hall–Kier alpha value is -2.15. The molecule has 0 unspecified atom stereocenters. The first-order valence-corrected chi connectivity index (χ1v) is 6.03. The summed E-state index contributed by atoms with van der Waals surface area (Å²) in [5, 5.41) is 0. The highest BCUT2D eigenvalue weighted by molar-refractivity contribution is 6.12. The van der Waals surface area contributed by atoms with Crippen LogP contribution in [0.25, 0.3) is 5.57 Å². The van der Waals surface area contributed by atoms with Crippen molar-refractivity contribution in [2.75, 3.05) is 0 Å². The van der Waals surface area contributed by atoms with Crippen molar-refractivity contribution in [3.8, 4) is 0 Å². The van der Waals surface area contributed by atoms with E-state index in [2.05, 4.69) is 0 Å². The molecule has 0 saturated carbocycles. The van der Waals surface area contributed by atoms with Gasteiger partial charge in [-0.25, -0.2) is 0 Å². The van der Waals surface area contributed by atoms with E-state index < -0.39 is 0 Å². The predicted molar refractivity (Wildman–Crippen MR) is 75.5 cm³/mol. The summed E-state index contributed by atoms with van der Waals surface area (Å²) in [5.41, 5.74) is 3.67.